The number of pyridine rings is 1. The lowest BCUT2D eigenvalue weighted by atomic mass is 9.91. The molecule has 0 spiro atoms. The van der Waals surface area contributed by atoms with E-state index in [1.165, 1.54) is 0 Å². The van der Waals surface area contributed by atoms with Crippen molar-refractivity contribution >= 4 is 22.8 Å². The molecule has 1 amide bonds. The number of nitrogens with zero attached hydrogens (tertiary/aromatic N) is 4. The van der Waals surface area contributed by atoms with Gasteiger partial charge in [0.2, 0.25) is 5.91 Å². The van der Waals surface area contributed by atoms with Gasteiger partial charge in [0.05, 0.1) is 17.5 Å². The van der Waals surface area contributed by atoms with Crippen molar-refractivity contribution in [3.63, 3.8) is 0 Å². The number of aromatic amines is 1. The van der Waals surface area contributed by atoms with Crippen LogP contribution >= 0.6 is 0 Å². The number of nitrogens with one attached hydrogen (secondary N) is 2. The first-order chi connectivity index (χ1) is 14.7. The highest BCUT2D eigenvalue weighted by Crippen LogP contribution is 2.39. The lowest BCUT2D eigenvalue weighted by Crippen LogP contribution is -2.43. The van der Waals surface area contributed by atoms with Gasteiger partial charge in [0, 0.05) is 30.7 Å². The van der Waals surface area contributed by atoms with Gasteiger partial charge < -0.3 is 10.2 Å². The highest BCUT2D eigenvalue weighted by molar-refractivity contribution is 5.91. The molecule has 0 unspecified atom stereocenters. The maximum atomic E-state index is 13.9. The van der Waals surface area contributed by atoms with Crippen LogP contribution in [0.3, 0.4) is 0 Å². The molecule has 2 aliphatic heterocycles. The van der Waals surface area contributed by atoms with Crippen molar-refractivity contribution in [1.82, 2.24) is 25.0 Å². The Morgan fingerprint density at radius 3 is 2.52 bits per heavy atom. The zero-order valence-corrected chi connectivity index (χ0v) is 17.9. The zero-order valence-electron chi connectivity index (χ0n) is 17.9. The number of likely N-dealkylation sites (tertiary alicyclic amines) is 2. The maximum absolute atomic E-state index is 13.9. The average molecular weight is 438 g/mol. The van der Waals surface area contributed by atoms with Crippen molar-refractivity contribution in [3.8, 4) is 0 Å². The minimum atomic E-state index is -4.51. The summed E-state index contributed by atoms with van der Waals surface area (Å²) in [5, 5.41) is 9.61. The number of fused-ring (bicyclic) bond motifs is 1. The summed E-state index contributed by atoms with van der Waals surface area (Å²) in [6.07, 6.45) is -1.04. The predicted molar refractivity (Wildman–Crippen MR) is 112 cm³/mol. The summed E-state index contributed by atoms with van der Waals surface area (Å²) in [4.78, 5) is 21.0. The molecule has 170 valence electrons. The topological polar surface area (TPSA) is 77.1 Å². The highest BCUT2D eigenvalue weighted by Gasteiger charge is 2.37. The summed E-state index contributed by atoms with van der Waals surface area (Å²) in [5.74, 6) is 0.155. The van der Waals surface area contributed by atoms with E-state index in [4.69, 9.17) is 0 Å². The zero-order chi connectivity index (χ0) is 22.2. The van der Waals surface area contributed by atoms with Gasteiger partial charge in [-0.2, -0.15) is 18.3 Å². The van der Waals surface area contributed by atoms with Crippen molar-refractivity contribution in [3.05, 3.63) is 17.3 Å². The van der Waals surface area contributed by atoms with Crippen molar-refractivity contribution < 1.29 is 18.0 Å². The Hall–Kier alpha value is -2.36. The van der Waals surface area contributed by atoms with E-state index in [1.54, 1.807) is 0 Å². The molecule has 2 saturated heterocycles. The van der Waals surface area contributed by atoms with Crippen LogP contribution in [0, 0.1) is 0 Å². The third kappa shape index (κ3) is 4.78. The second-order valence-electron chi connectivity index (χ2n) is 8.83. The van der Waals surface area contributed by atoms with E-state index in [1.807, 2.05) is 18.7 Å². The standard InChI is InChI=1S/C21H29F3N6O/c1-13(2)25-19-18-15(21(22,23)24)11-16(26-20(18)28-27-19)14-5-9-30(10-6-14)17(31)12-29-7-3-4-8-29/h11,13-14H,3-10,12H2,1-2H3,(H2,25,26,27,28). The smallest absolute Gasteiger partial charge is 0.366 e. The molecule has 0 aliphatic carbocycles. The molecular weight excluding hydrogens is 409 g/mol. The number of alkyl halides is 3. The minimum Gasteiger partial charge on any atom is -0.366 e. The molecule has 31 heavy (non-hydrogen) atoms. The molecule has 2 aromatic heterocycles. The van der Waals surface area contributed by atoms with E-state index < -0.39 is 11.7 Å². The molecule has 2 N–H and O–H groups in total. The number of H-pyrrole nitrogens is 1. The summed E-state index contributed by atoms with van der Waals surface area (Å²) < 4.78 is 41.6. The van der Waals surface area contributed by atoms with E-state index in [-0.39, 0.29) is 34.7 Å². The Bertz CT molecular complexity index is 927. The van der Waals surface area contributed by atoms with E-state index in [2.05, 4.69) is 25.4 Å². The third-order valence-corrected chi connectivity index (χ3v) is 6.10. The van der Waals surface area contributed by atoms with Gasteiger partial charge in [-0.15, -0.1) is 0 Å². The van der Waals surface area contributed by atoms with Gasteiger partial charge in [-0.25, -0.2) is 4.98 Å². The van der Waals surface area contributed by atoms with Gasteiger partial charge in [0.15, 0.2) is 11.5 Å². The number of hydrogen-bond donors (Lipinski definition) is 2. The summed E-state index contributed by atoms with van der Waals surface area (Å²) in [6, 6.07) is 1.10. The maximum Gasteiger partial charge on any atom is 0.417 e. The van der Waals surface area contributed by atoms with Gasteiger partial charge in [-0.3, -0.25) is 14.8 Å². The number of rotatable bonds is 5. The predicted octanol–water partition coefficient (Wildman–Crippen LogP) is 3.60. The second-order valence-corrected chi connectivity index (χ2v) is 8.83. The van der Waals surface area contributed by atoms with E-state index in [0.29, 0.717) is 38.2 Å². The number of carbonyl (C=O) groups excluding carboxylic acids is 1. The van der Waals surface area contributed by atoms with Gasteiger partial charge in [-0.1, -0.05) is 0 Å². The highest BCUT2D eigenvalue weighted by atomic mass is 19.4. The minimum absolute atomic E-state index is 0.0248. The quantitative estimate of drug-likeness (QED) is 0.746. The van der Waals surface area contributed by atoms with Crippen LogP contribution in [0.4, 0.5) is 19.0 Å². The lowest BCUT2D eigenvalue weighted by Gasteiger charge is -2.33. The summed E-state index contributed by atoms with van der Waals surface area (Å²) in [6.45, 7) is 7.13. The molecule has 0 bridgehead atoms. The van der Waals surface area contributed by atoms with Gasteiger partial charge in [0.1, 0.15) is 0 Å². The van der Waals surface area contributed by atoms with Gasteiger partial charge >= 0.3 is 6.18 Å². The number of amides is 1. The van der Waals surface area contributed by atoms with Crippen LogP contribution in [0.25, 0.3) is 11.0 Å². The first kappa shape index (κ1) is 21.9. The molecule has 4 heterocycles. The van der Waals surface area contributed by atoms with Gasteiger partial charge in [-0.05, 0) is 58.7 Å². The van der Waals surface area contributed by atoms with Crippen LogP contribution in [0.2, 0.25) is 0 Å². The Balaban J connectivity index is 1.51. The number of hydrogen-bond acceptors (Lipinski definition) is 5. The fraction of sp³-hybridized carbons (Fsp3) is 0.667. The number of aromatic nitrogens is 3. The normalized spacial score (nSPS) is 19.0. The molecule has 4 rings (SSSR count). The Morgan fingerprint density at radius 1 is 1.23 bits per heavy atom. The average Bonchev–Trinajstić information content (AvgIpc) is 3.36. The van der Waals surface area contributed by atoms with Crippen LogP contribution < -0.4 is 5.32 Å². The molecule has 0 radical (unpaired) electrons. The van der Waals surface area contributed by atoms with Crippen LogP contribution in [0.15, 0.2) is 6.07 Å². The van der Waals surface area contributed by atoms with E-state index >= 15 is 0 Å². The van der Waals surface area contributed by atoms with Crippen LogP contribution in [-0.4, -0.2) is 69.7 Å². The summed E-state index contributed by atoms with van der Waals surface area (Å²) in [5.41, 5.74) is -0.177. The molecule has 2 fully saturated rings. The molecule has 10 heteroatoms. The Kier molecular flexibility index (Phi) is 6.09. The molecular formula is C21H29F3N6O. The fourth-order valence-electron chi connectivity index (χ4n) is 4.52. The summed E-state index contributed by atoms with van der Waals surface area (Å²) >= 11 is 0. The number of piperidine rings is 1. The van der Waals surface area contributed by atoms with Crippen molar-refractivity contribution in [2.45, 2.75) is 57.7 Å². The Labute approximate surface area is 179 Å². The third-order valence-electron chi connectivity index (χ3n) is 6.10. The SMILES string of the molecule is CC(C)Nc1n[nH]c2nc(C3CCN(C(=O)CN4CCCC4)CC3)cc(C(F)(F)F)c12. The molecule has 0 atom stereocenters. The van der Waals surface area contributed by atoms with Crippen molar-refractivity contribution in [2.75, 3.05) is 38.0 Å². The molecule has 0 saturated carbocycles. The molecule has 7 nitrogen and oxygen atoms in total. The lowest BCUT2D eigenvalue weighted by molar-refractivity contribution is -0.136. The van der Waals surface area contributed by atoms with Gasteiger partial charge in [0.25, 0.3) is 0 Å². The van der Waals surface area contributed by atoms with E-state index in [0.717, 1.165) is 32.0 Å². The number of halogens is 3. The van der Waals surface area contributed by atoms with E-state index in [9.17, 15) is 18.0 Å². The summed E-state index contributed by atoms with van der Waals surface area (Å²) in [7, 11) is 0. The molecule has 2 aromatic rings. The number of anilines is 1. The Morgan fingerprint density at radius 2 is 1.90 bits per heavy atom. The number of carbonyl (C=O) groups is 1. The second kappa shape index (κ2) is 8.64. The fourth-order valence-corrected chi connectivity index (χ4v) is 4.52. The van der Waals surface area contributed by atoms with Crippen molar-refractivity contribution in [2.24, 2.45) is 0 Å². The first-order valence-corrected chi connectivity index (χ1v) is 10.9. The molecule has 0 aromatic carbocycles. The monoisotopic (exact) mass is 438 g/mol. The van der Waals surface area contributed by atoms with Crippen LogP contribution in [0.1, 0.15) is 56.7 Å². The first-order valence-electron chi connectivity index (χ1n) is 10.9. The van der Waals surface area contributed by atoms with Crippen LogP contribution in [-0.2, 0) is 11.0 Å². The van der Waals surface area contributed by atoms with Crippen LogP contribution in [0.5, 0.6) is 0 Å². The largest absolute Gasteiger partial charge is 0.417 e. The molecule has 2 aliphatic rings. The van der Waals surface area contributed by atoms with Crippen molar-refractivity contribution in [1.29, 1.82) is 0 Å².